The van der Waals surface area contributed by atoms with Crippen LogP contribution in [-0.4, -0.2) is 129 Å². The van der Waals surface area contributed by atoms with E-state index < -0.39 is 84.3 Å². The minimum absolute atomic E-state index is 0.0152. The molecule has 7 aliphatic rings. The third kappa shape index (κ3) is 6.01. The molecule has 318 valence electrons. The van der Waals surface area contributed by atoms with Crippen LogP contribution in [0.5, 0.6) is 0 Å². The van der Waals surface area contributed by atoms with Gasteiger partial charge in [0, 0.05) is 0 Å². The quantitative estimate of drug-likeness (QED) is 0.117. The number of carbonyl (C=O) groups excluding carboxylic acids is 1. The molecule has 0 amide bonds. The summed E-state index contributed by atoms with van der Waals surface area (Å²) < 4.78 is 29.3. The van der Waals surface area contributed by atoms with Gasteiger partial charge in [-0.25, -0.2) is 4.79 Å². The van der Waals surface area contributed by atoms with Gasteiger partial charge in [0.1, 0.15) is 36.6 Å². The molecule has 14 heteroatoms. The molecule has 5 aliphatic carbocycles. The number of aliphatic hydroxyl groups is 6. The highest BCUT2D eigenvalue weighted by Gasteiger charge is 2.70. The Labute approximate surface area is 329 Å². The van der Waals surface area contributed by atoms with Crippen molar-refractivity contribution in [2.24, 2.45) is 56.7 Å². The highest BCUT2D eigenvalue weighted by Crippen LogP contribution is 2.76. The number of aliphatic carboxylic acids is 1. The lowest BCUT2D eigenvalue weighted by Crippen LogP contribution is -2.67. The maximum Gasteiger partial charge on any atom is 0.335 e. The number of hydrogen-bond donors (Lipinski definition) is 7. The number of rotatable bonds is 6. The Bertz CT molecular complexity index is 1550. The van der Waals surface area contributed by atoms with Crippen LogP contribution in [0.1, 0.15) is 99.8 Å². The first kappa shape index (κ1) is 42.4. The molecule has 2 aliphatic heterocycles. The Kier molecular flexibility index (Phi) is 11.0. The molecule has 14 nitrogen and oxygen atoms in total. The van der Waals surface area contributed by atoms with Crippen LogP contribution >= 0.6 is 0 Å². The summed E-state index contributed by atoms with van der Waals surface area (Å²) in [6.07, 6.45) is -7.24. The zero-order valence-electron chi connectivity index (χ0n) is 34.2. The molecule has 0 aromatic heterocycles. The van der Waals surface area contributed by atoms with Gasteiger partial charge in [-0.2, -0.15) is 0 Å². The van der Waals surface area contributed by atoms with Crippen LogP contribution in [-0.2, 0) is 33.3 Å². The van der Waals surface area contributed by atoms with Gasteiger partial charge in [0.25, 0.3) is 0 Å². The second-order valence-corrected chi connectivity index (χ2v) is 20.0. The number of hydrogen-bond acceptors (Lipinski definition) is 13. The van der Waals surface area contributed by atoms with E-state index in [1.165, 1.54) is 12.7 Å². The van der Waals surface area contributed by atoms with Gasteiger partial charge in [0.05, 0.1) is 31.3 Å². The normalized spacial score (nSPS) is 54.0. The maximum absolute atomic E-state index is 13.7. The number of allylic oxidation sites excluding steroid dienone is 2. The molecule has 0 aromatic rings. The molecule has 4 saturated carbocycles. The minimum Gasteiger partial charge on any atom is -0.479 e. The minimum atomic E-state index is -1.89. The van der Waals surface area contributed by atoms with Crippen molar-refractivity contribution in [3.05, 3.63) is 11.6 Å². The van der Waals surface area contributed by atoms with Crippen molar-refractivity contribution in [1.82, 2.24) is 0 Å². The Morgan fingerprint density at radius 1 is 0.786 bits per heavy atom. The Morgan fingerprint density at radius 2 is 1.48 bits per heavy atom. The highest BCUT2D eigenvalue weighted by atomic mass is 16.8. The summed E-state index contributed by atoms with van der Waals surface area (Å²) in [5, 5.41) is 73.9. The fourth-order valence-electron chi connectivity index (χ4n) is 13.8. The number of carboxylic acids is 1. The fraction of sp³-hybridized carbons (Fsp3) is 0.905. The second kappa shape index (κ2) is 14.5. The Balaban J connectivity index is 1.17. The van der Waals surface area contributed by atoms with E-state index >= 15 is 0 Å². The molecule has 2 heterocycles. The van der Waals surface area contributed by atoms with Gasteiger partial charge in [-0.3, -0.25) is 4.79 Å². The predicted octanol–water partition coefficient (Wildman–Crippen LogP) is 2.53. The summed E-state index contributed by atoms with van der Waals surface area (Å²) in [6, 6.07) is 0. The van der Waals surface area contributed by atoms with E-state index in [-0.39, 0.29) is 52.5 Å². The van der Waals surface area contributed by atoms with Crippen molar-refractivity contribution < 1.29 is 69.0 Å². The molecule has 0 spiro atoms. The van der Waals surface area contributed by atoms with E-state index in [0.29, 0.717) is 25.2 Å². The fourth-order valence-corrected chi connectivity index (χ4v) is 13.8. The molecule has 7 N–H and O–H groups in total. The number of methoxy groups -OCH3 is 1. The third-order valence-corrected chi connectivity index (χ3v) is 17.4. The molecule has 0 aromatic carbocycles. The van der Waals surface area contributed by atoms with Crippen LogP contribution in [0.3, 0.4) is 0 Å². The summed E-state index contributed by atoms with van der Waals surface area (Å²) in [5.41, 5.74) is -0.211. The number of aliphatic hydroxyl groups excluding tert-OH is 6. The van der Waals surface area contributed by atoms with Crippen molar-refractivity contribution in [3.63, 3.8) is 0 Å². The van der Waals surface area contributed by atoms with Crippen LogP contribution in [0.15, 0.2) is 11.6 Å². The van der Waals surface area contributed by atoms with E-state index in [1.807, 2.05) is 0 Å². The zero-order chi connectivity index (χ0) is 41.1. The van der Waals surface area contributed by atoms with Crippen LogP contribution in [0.4, 0.5) is 0 Å². The average molecular weight is 795 g/mol. The monoisotopic (exact) mass is 794 g/mol. The maximum atomic E-state index is 13.7. The van der Waals surface area contributed by atoms with Crippen molar-refractivity contribution >= 4 is 11.9 Å². The largest absolute Gasteiger partial charge is 0.479 e. The predicted molar refractivity (Wildman–Crippen MR) is 198 cm³/mol. The molecule has 56 heavy (non-hydrogen) atoms. The number of carboxylic acid groups (broad SMARTS) is 1. The van der Waals surface area contributed by atoms with E-state index in [2.05, 4.69) is 54.5 Å². The van der Waals surface area contributed by atoms with Crippen LogP contribution < -0.4 is 0 Å². The molecule has 2 saturated heterocycles. The number of esters is 1. The summed E-state index contributed by atoms with van der Waals surface area (Å²) >= 11 is 0. The molecule has 0 radical (unpaired) electrons. The van der Waals surface area contributed by atoms with Gasteiger partial charge in [0.15, 0.2) is 18.7 Å². The van der Waals surface area contributed by atoms with Crippen LogP contribution in [0.2, 0.25) is 0 Å². The van der Waals surface area contributed by atoms with Crippen molar-refractivity contribution in [2.75, 3.05) is 13.7 Å². The van der Waals surface area contributed by atoms with Gasteiger partial charge >= 0.3 is 11.9 Å². The van der Waals surface area contributed by atoms with Gasteiger partial charge < -0.3 is 59.4 Å². The van der Waals surface area contributed by atoms with Crippen LogP contribution in [0.25, 0.3) is 0 Å². The van der Waals surface area contributed by atoms with Gasteiger partial charge in [-0.1, -0.05) is 60.1 Å². The standard InChI is InChI=1S/C42H66O14/c1-19-20(2)27-21-9-10-25-39(5)13-12-26(54-36-33(30(47)29(46)32(55-36)34(49)50)56-35-31(48)28(45)23(44)18-53-35)38(3,4)24(39)11-14-41(25,7)40(21,6)15-16-42(27,17-22(19)43)37(51)52-8/h9,19-20,22-33,35-36,43-48H,10-18H2,1-8H3,(H,49,50). The van der Waals surface area contributed by atoms with Gasteiger partial charge in [-0.05, 0) is 103 Å². The van der Waals surface area contributed by atoms with E-state index in [1.54, 1.807) is 0 Å². The summed E-state index contributed by atoms with van der Waals surface area (Å²) in [5.74, 6) is -1.07. The van der Waals surface area contributed by atoms with Crippen molar-refractivity contribution in [1.29, 1.82) is 0 Å². The smallest absolute Gasteiger partial charge is 0.335 e. The summed E-state index contributed by atoms with van der Waals surface area (Å²) in [4.78, 5) is 25.9. The summed E-state index contributed by atoms with van der Waals surface area (Å²) in [6.45, 7) is 15.6. The van der Waals surface area contributed by atoms with E-state index in [9.17, 15) is 45.3 Å². The number of carbonyl (C=O) groups is 2. The molecule has 7 rings (SSSR count). The van der Waals surface area contributed by atoms with Crippen molar-refractivity contribution in [3.8, 4) is 0 Å². The first-order chi connectivity index (χ1) is 26.1. The van der Waals surface area contributed by atoms with Gasteiger partial charge in [-0.15, -0.1) is 0 Å². The number of fused-ring (bicyclic) bond motifs is 7. The number of ether oxygens (including phenoxy) is 5. The topological polar surface area (TPSA) is 222 Å². The first-order valence-corrected chi connectivity index (χ1v) is 20.8. The molecule has 0 bridgehead atoms. The van der Waals surface area contributed by atoms with Crippen molar-refractivity contribution in [2.45, 2.75) is 167 Å². The molecule has 20 atom stereocenters. The molecule has 20 unspecified atom stereocenters. The molecule has 6 fully saturated rings. The lowest BCUT2D eigenvalue weighted by Gasteiger charge is -2.71. The zero-order valence-corrected chi connectivity index (χ0v) is 34.2. The Morgan fingerprint density at radius 3 is 2.14 bits per heavy atom. The van der Waals surface area contributed by atoms with Crippen LogP contribution in [0, 0.1) is 56.7 Å². The lowest BCUT2D eigenvalue weighted by atomic mass is 9.33. The highest BCUT2D eigenvalue weighted by molar-refractivity contribution is 5.79. The lowest BCUT2D eigenvalue weighted by molar-refractivity contribution is -0.366. The molecular weight excluding hydrogens is 728 g/mol. The van der Waals surface area contributed by atoms with E-state index in [0.717, 1.165) is 32.1 Å². The third-order valence-electron chi connectivity index (χ3n) is 17.4. The van der Waals surface area contributed by atoms with E-state index in [4.69, 9.17) is 23.7 Å². The Hall–Kier alpha value is -1.72. The SMILES string of the molecule is COC(=O)C12CCC3(C)C(=CCC4C5(C)CCC(OC6OC(C(=O)O)C(O)C(O)C6OC6OCC(O)C(O)C6O)C(C)(C)C5CCC43C)C1C(C)C(C)C(O)C2. The molecular formula is C42H66O14. The van der Waals surface area contributed by atoms with Gasteiger partial charge in [0.2, 0.25) is 0 Å². The average Bonchev–Trinajstić information content (AvgIpc) is 3.14. The summed E-state index contributed by atoms with van der Waals surface area (Å²) in [7, 11) is 1.46. The first-order valence-electron chi connectivity index (χ1n) is 20.8. The second-order valence-electron chi connectivity index (χ2n) is 20.0.